The van der Waals surface area contributed by atoms with Gasteiger partial charge >= 0.3 is 0 Å². The van der Waals surface area contributed by atoms with Gasteiger partial charge < -0.3 is 20.1 Å². The number of amides is 1. The lowest BCUT2D eigenvalue weighted by Crippen LogP contribution is -2.31. The predicted molar refractivity (Wildman–Crippen MR) is 152 cm³/mol. The lowest BCUT2D eigenvalue weighted by atomic mass is 10.2. The Morgan fingerprint density at radius 2 is 1.85 bits per heavy atom. The fourth-order valence-corrected chi connectivity index (χ4v) is 6.46. The van der Waals surface area contributed by atoms with Gasteiger partial charge in [-0.3, -0.25) is 4.79 Å². The highest BCUT2D eigenvalue weighted by Gasteiger charge is 2.28. The zero-order valence-corrected chi connectivity index (χ0v) is 23.3. The molecular formula is C24H19ClI2N2O3S. The van der Waals surface area contributed by atoms with Crippen LogP contribution in [0, 0.1) is 7.14 Å². The van der Waals surface area contributed by atoms with Gasteiger partial charge in [0.25, 0.3) is 5.91 Å². The van der Waals surface area contributed by atoms with E-state index >= 15 is 0 Å². The van der Waals surface area contributed by atoms with Crippen LogP contribution in [0.2, 0.25) is 5.02 Å². The molecule has 170 valence electrons. The van der Waals surface area contributed by atoms with Gasteiger partial charge in [-0.1, -0.05) is 53.7 Å². The Labute approximate surface area is 228 Å². The van der Waals surface area contributed by atoms with E-state index in [1.165, 1.54) is 11.8 Å². The largest absolute Gasteiger partial charge is 0.495 e. The Morgan fingerprint density at radius 1 is 1.12 bits per heavy atom. The Kier molecular flexibility index (Phi) is 8.31. The van der Waals surface area contributed by atoms with Crippen molar-refractivity contribution < 1.29 is 14.3 Å². The highest BCUT2D eigenvalue weighted by Crippen LogP contribution is 2.36. The van der Waals surface area contributed by atoms with E-state index in [0.717, 1.165) is 24.0 Å². The molecule has 3 aromatic carbocycles. The minimum absolute atomic E-state index is 0.132. The van der Waals surface area contributed by atoms with Gasteiger partial charge in [0.2, 0.25) is 0 Å². The van der Waals surface area contributed by atoms with Crippen LogP contribution in [0.15, 0.2) is 65.6 Å². The summed E-state index contributed by atoms with van der Waals surface area (Å²) in [7, 11) is 1.59. The summed E-state index contributed by atoms with van der Waals surface area (Å²) in [5.41, 5.74) is 2.44. The molecule has 0 bridgehead atoms. The summed E-state index contributed by atoms with van der Waals surface area (Å²) < 4.78 is 13.4. The monoisotopic (exact) mass is 704 g/mol. The molecule has 1 aliphatic rings. The van der Waals surface area contributed by atoms with Crippen molar-refractivity contribution in [1.82, 2.24) is 5.32 Å². The first kappa shape index (κ1) is 24.5. The maximum Gasteiger partial charge on any atom is 0.260 e. The minimum atomic E-state index is -0.331. The van der Waals surface area contributed by atoms with Crippen LogP contribution in [-0.2, 0) is 11.4 Å². The summed E-state index contributed by atoms with van der Waals surface area (Å²) in [4.78, 5) is 13.2. The first-order valence-corrected chi connectivity index (χ1v) is 13.3. The highest BCUT2D eigenvalue weighted by molar-refractivity contribution is 14.1. The molecule has 0 radical (unpaired) electrons. The summed E-state index contributed by atoms with van der Waals surface area (Å²) in [6.07, 6.45) is 1.89. The third-order valence-electron chi connectivity index (χ3n) is 4.72. The number of anilines is 1. The number of carbonyl (C=O) groups is 1. The lowest BCUT2D eigenvalue weighted by molar-refractivity contribution is -0.116. The van der Waals surface area contributed by atoms with Crippen LogP contribution >= 0.6 is 68.5 Å². The highest BCUT2D eigenvalue weighted by atomic mass is 127. The van der Waals surface area contributed by atoms with Crippen molar-refractivity contribution in [1.29, 1.82) is 0 Å². The summed E-state index contributed by atoms with van der Waals surface area (Å²) >= 11 is 12.1. The van der Waals surface area contributed by atoms with E-state index < -0.39 is 0 Å². The second-order valence-electron chi connectivity index (χ2n) is 7.06. The molecule has 1 aliphatic heterocycles. The molecule has 0 spiro atoms. The number of ether oxygens (including phenoxy) is 2. The number of halogens is 3. The SMILES string of the molecule is COc1ccc(Cl)cc1NC1NC(=O)/C(=C/c2cc(I)c(OCc3ccccc3)c(I)c2)S1. The molecule has 0 saturated carbocycles. The molecule has 1 fully saturated rings. The van der Waals surface area contributed by atoms with E-state index in [1.54, 1.807) is 25.3 Å². The van der Waals surface area contributed by atoms with Crippen LogP contribution in [0.3, 0.4) is 0 Å². The van der Waals surface area contributed by atoms with Gasteiger partial charge in [-0.15, -0.1) is 0 Å². The zero-order valence-electron chi connectivity index (χ0n) is 17.4. The second kappa shape index (κ2) is 11.2. The molecule has 0 aliphatic carbocycles. The third-order valence-corrected chi connectivity index (χ3v) is 7.59. The zero-order chi connectivity index (χ0) is 23.4. The average molecular weight is 705 g/mol. The molecule has 0 aromatic heterocycles. The van der Waals surface area contributed by atoms with Crippen LogP contribution in [0.4, 0.5) is 5.69 Å². The number of hydrogen-bond donors (Lipinski definition) is 2. The molecule has 1 unspecified atom stereocenters. The van der Waals surface area contributed by atoms with Crippen molar-refractivity contribution in [3.05, 3.63) is 88.9 Å². The Bertz CT molecular complexity index is 1180. The van der Waals surface area contributed by atoms with Crippen molar-refractivity contribution in [3.63, 3.8) is 0 Å². The average Bonchev–Trinajstić information content (AvgIpc) is 3.12. The number of carbonyl (C=O) groups excluding carboxylic acids is 1. The maximum atomic E-state index is 12.6. The van der Waals surface area contributed by atoms with E-state index in [1.807, 2.05) is 48.5 Å². The fourth-order valence-electron chi connectivity index (χ4n) is 3.18. The standard InChI is InChI=1S/C24H19ClI2N2O3S/c1-31-20-8-7-16(25)12-19(20)28-24-29-23(30)21(33-24)11-15-9-17(26)22(18(27)10-15)32-13-14-5-3-2-4-6-14/h2-12,24,28H,13H2,1H3,(H,29,30)/b21-11-. The van der Waals surface area contributed by atoms with Crippen LogP contribution < -0.4 is 20.1 Å². The number of nitrogens with one attached hydrogen (secondary N) is 2. The molecule has 1 atom stereocenters. The number of methoxy groups -OCH3 is 1. The summed E-state index contributed by atoms with van der Waals surface area (Å²) in [5, 5.41) is 6.79. The van der Waals surface area contributed by atoms with Gasteiger partial charge in [0.15, 0.2) is 5.50 Å². The van der Waals surface area contributed by atoms with Gasteiger partial charge in [-0.25, -0.2) is 0 Å². The lowest BCUT2D eigenvalue weighted by Gasteiger charge is -2.15. The molecule has 9 heteroatoms. The van der Waals surface area contributed by atoms with Gasteiger partial charge in [0.05, 0.1) is 24.8 Å². The second-order valence-corrected chi connectivity index (χ2v) is 11.0. The maximum absolute atomic E-state index is 12.6. The Hall–Kier alpha value is -1.63. The molecule has 1 saturated heterocycles. The molecular weight excluding hydrogens is 686 g/mol. The number of thioether (sulfide) groups is 1. The van der Waals surface area contributed by atoms with E-state index in [0.29, 0.717) is 28.0 Å². The van der Waals surface area contributed by atoms with Crippen LogP contribution in [0.1, 0.15) is 11.1 Å². The van der Waals surface area contributed by atoms with Gasteiger partial charge in [-0.2, -0.15) is 0 Å². The van der Waals surface area contributed by atoms with E-state index in [2.05, 4.69) is 55.8 Å². The first-order chi connectivity index (χ1) is 15.9. The normalized spacial score (nSPS) is 16.5. The molecule has 5 nitrogen and oxygen atoms in total. The van der Waals surface area contributed by atoms with Crippen molar-refractivity contribution in [2.24, 2.45) is 0 Å². The van der Waals surface area contributed by atoms with Crippen molar-refractivity contribution in [2.45, 2.75) is 12.1 Å². The smallest absolute Gasteiger partial charge is 0.260 e. The first-order valence-electron chi connectivity index (χ1n) is 9.88. The van der Waals surface area contributed by atoms with Crippen molar-refractivity contribution >= 4 is 86.2 Å². The number of benzene rings is 3. The molecule has 1 amide bonds. The van der Waals surface area contributed by atoms with Crippen molar-refractivity contribution in [2.75, 3.05) is 12.4 Å². The van der Waals surface area contributed by atoms with Gasteiger partial charge in [0.1, 0.15) is 18.1 Å². The van der Waals surface area contributed by atoms with Gasteiger partial charge in [-0.05, 0) is 92.7 Å². The third kappa shape index (κ3) is 6.28. The van der Waals surface area contributed by atoms with E-state index in [9.17, 15) is 4.79 Å². The van der Waals surface area contributed by atoms with Crippen LogP contribution in [0.25, 0.3) is 6.08 Å². The quantitative estimate of drug-likeness (QED) is 0.211. The summed E-state index contributed by atoms with van der Waals surface area (Å²) in [6, 6.07) is 19.4. The fraction of sp³-hybridized carbons (Fsp3) is 0.125. The Balaban J connectivity index is 1.47. The predicted octanol–water partition coefficient (Wildman–Crippen LogP) is 6.74. The number of rotatable bonds is 7. The Morgan fingerprint density at radius 3 is 2.55 bits per heavy atom. The summed E-state index contributed by atoms with van der Waals surface area (Å²) in [6.45, 7) is 0.506. The van der Waals surface area contributed by atoms with E-state index in [4.69, 9.17) is 21.1 Å². The number of hydrogen-bond acceptors (Lipinski definition) is 5. The minimum Gasteiger partial charge on any atom is -0.495 e. The van der Waals surface area contributed by atoms with Crippen LogP contribution in [0.5, 0.6) is 11.5 Å². The summed E-state index contributed by atoms with van der Waals surface area (Å²) in [5.74, 6) is 1.37. The topological polar surface area (TPSA) is 59.6 Å². The molecule has 3 aromatic rings. The van der Waals surface area contributed by atoms with Gasteiger partial charge in [0, 0.05) is 5.02 Å². The molecule has 2 N–H and O–H groups in total. The van der Waals surface area contributed by atoms with Crippen molar-refractivity contribution in [3.8, 4) is 11.5 Å². The molecule has 33 heavy (non-hydrogen) atoms. The van der Waals surface area contributed by atoms with E-state index in [-0.39, 0.29) is 11.4 Å². The van der Waals surface area contributed by atoms with Crippen LogP contribution in [-0.4, -0.2) is 18.5 Å². The molecule has 4 rings (SSSR count). The molecule has 1 heterocycles.